The number of hydrogen-bond donors (Lipinski definition) is 0. The molecule has 3 saturated heterocycles. The van der Waals surface area contributed by atoms with E-state index in [0.717, 1.165) is 61.7 Å². The molecule has 174 valence electrons. The van der Waals surface area contributed by atoms with Crippen LogP contribution in [-0.2, 0) is 9.53 Å². The van der Waals surface area contributed by atoms with Crippen molar-refractivity contribution >= 4 is 22.4 Å². The average molecular weight is 447 g/mol. The molecule has 0 aromatic heterocycles. The van der Waals surface area contributed by atoms with E-state index in [1.165, 1.54) is 12.1 Å². The van der Waals surface area contributed by atoms with Crippen molar-refractivity contribution in [2.24, 2.45) is 0 Å². The zero-order chi connectivity index (χ0) is 22.9. The average Bonchev–Trinajstić information content (AvgIpc) is 3.39. The molecule has 0 spiro atoms. The molecule has 0 amide bonds. The van der Waals surface area contributed by atoms with Gasteiger partial charge in [-0.2, -0.15) is 5.26 Å². The number of likely N-dealkylation sites (tertiary alicyclic amines) is 1. The zero-order valence-corrected chi connectivity index (χ0v) is 19.7. The van der Waals surface area contributed by atoms with Crippen molar-refractivity contribution in [3.05, 3.63) is 42.0 Å². The molecule has 2 aromatic rings. The van der Waals surface area contributed by atoms with E-state index in [0.29, 0.717) is 24.5 Å². The Morgan fingerprint density at radius 1 is 1.09 bits per heavy atom. The van der Waals surface area contributed by atoms with E-state index in [1.54, 1.807) is 0 Å². The van der Waals surface area contributed by atoms with E-state index in [2.05, 4.69) is 47.0 Å². The first kappa shape index (κ1) is 22.2. The third kappa shape index (κ3) is 4.45. The van der Waals surface area contributed by atoms with Gasteiger partial charge in [0.2, 0.25) is 0 Å². The fraction of sp³-hybridized carbons (Fsp3) is 0.556. The minimum atomic E-state index is -0.0509. The van der Waals surface area contributed by atoms with Crippen LogP contribution in [0.4, 0.5) is 5.69 Å². The minimum Gasteiger partial charge on any atom is -0.462 e. The quantitative estimate of drug-likeness (QED) is 0.630. The number of piperidine rings is 1. The topological polar surface area (TPSA) is 59.8 Å². The highest BCUT2D eigenvalue weighted by Crippen LogP contribution is 2.43. The molecule has 0 saturated carbocycles. The van der Waals surface area contributed by atoms with Crippen LogP contribution in [0.3, 0.4) is 0 Å². The predicted octanol–water partition coefficient (Wildman–Crippen LogP) is 3.78. The van der Waals surface area contributed by atoms with E-state index < -0.39 is 0 Å². The molecule has 2 bridgehead atoms. The second-order valence-corrected chi connectivity index (χ2v) is 10.1. The van der Waals surface area contributed by atoms with Crippen LogP contribution in [-0.4, -0.2) is 73.7 Å². The van der Waals surface area contributed by atoms with Gasteiger partial charge in [-0.1, -0.05) is 24.3 Å². The largest absolute Gasteiger partial charge is 0.462 e. The second kappa shape index (κ2) is 9.32. The molecule has 3 heterocycles. The SMILES string of the molecule is CN(C)C1CCN(CCC(=O)O[C@H]2C[C@H]3CC[C@@H](C2)N3c2ccc(C#N)c3ccccc23)C1. The molecule has 3 aliphatic heterocycles. The molecule has 33 heavy (non-hydrogen) atoms. The van der Waals surface area contributed by atoms with Gasteiger partial charge in [0.1, 0.15) is 6.10 Å². The fourth-order valence-electron chi connectivity index (χ4n) is 6.15. The van der Waals surface area contributed by atoms with Gasteiger partial charge in [0.05, 0.1) is 18.1 Å². The van der Waals surface area contributed by atoms with Crippen LogP contribution in [0.2, 0.25) is 0 Å². The Morgan fingerprint density at radius 2 is 1.82 bits per heavy atom. The summed E-state index contributed by atoms with van der Waals surface area (Å²) in [4.78, 5) is 19.8. The Kier molecular flexibility index (Phi) is 6.27. The normalized spacial score (nSPS) is 27.3. The van der Waals surface area contributed by atoms with Crippen LogP contribution in [0.5, 0.6) is 0 Å². The summed E-state index contributed by atoms with van der Waals surface area (Å²) in [5.41, 5.74) is 1.94. The van der Waals surface area contributed by atoms with Gasteiger partial charge in [0.15, 0.2) is 0 Å². The zero-order valence-electron chi connectivity index (χ0n) is 19.7. The van der Waals surface area contributed by atoms with E-state index in [4.69, 9.17) is 4.74 Å². The smallest absolute Gasteiger partial charge is 0.307 e. The Balaban J connectivity index is 1.21. The van der Waals surface area contributed by atoms with Gasteiger partial charge in [0.25, 0.3) is 0 Å². The first-order valence-electron chi connectivity index (χ1n) is 12.3. The van der Waals surface area contributed by atoms with Crippen molar-refractivity contribution in [2.45, 2.75) is 62.8 Å². The van der Waals surface area contributed by atoms with Crippen molar-refractivity contribution in [1.82, 2.24) is 9.80 Å². The highest BCUT2D eigenvalue weighted by Gasteiger charge is 2.42. The predicted molar refractivity (Wildman–Crippen MR) is 130 cm³/mol. The van der Waals surface area contributed by atoms with Crippen molar-refractivity contribution in [3.8, 4) is 6.07 Å². The van der Waals surface area contributed by atoms with Crippen molar-refractivity contribution in [2.75, 3.05) is 38.6 Å². The van der Waals surface area contributed by atoms with Gasteiger partial charge in [-0.25, -0.2) is 0 Å². The summed E-state index contributed by atoms with van der Waals surface area (Å²) >= 11 is 0. The molecule has 2 aromatic carbocycles. The van der Waals surface area contributed by atoms with Gasteiger partial charge in [-0.3, -0.25) is 4.79 Å². The number of carbonyl (C=O) groups is 1. The summed E-state index contributed by atoms with van der Waals surface area (Å²) in [5.74, 6) is -0.0509. The second-order valence-electron chi connectivity index (χ2n) is 10.1. The number of nitrogens with zero attached hydrogens (tertiary/aromatic N) is 4. The summed E-state index contributed by atoms with van der Waals surface area (Å²) in [5, 5.41) is 11.7. The van der Waals surface area contributed by atoms with Crippen LogP contribution in [0, 0.1) is 11.3 Å². The monoisotopic (exact) mass is 446 g/mol. The summed E-state index contributed by atoms with van der Waals surface area (Å²) in [6.45, 7) is 2.91. The molecule has 5 rings (SSSR count). The van der Waals surface area contributed by atoms with E-state index in [9.17, 15) is 10.1 Å². The number of anilines is 1. The van der Waals surface area contributed by atoms with E-state index in [1.807, 2.05) is 24.3 Å². The molecule has 3 fully saturated rings. The molecule has 3 aliphatic rings. The Labute approximate surface area is 196 Å². The Hall–Kier alpha value is -2.62. The molecule has 0 aliphatic carbocycles. The summed E-state index contributed by atoms with van der Waals surface area (Å²) in [6, 6.07) is 15.9. The lowest BCUT2D eigenvalue weighted by Gasteiger charge is -2.40. The molecular formula is C27H34N4O2. The Bertz CT molecular complexity index is 1050. The first-order valence-corrected chi connectivity index (χ1v) is 12.3. The van der Waals surface area contributed by atoms with E-state index >= 15 is 0 Å². The van der Waals surface area contributed by atoms with Crippen molar-refractivity contribution in [1.29, 1.82) is 5.26 Å². The molecule has 6 nitrogen and oxygen atoms in total. The third-order valence-corrected chi connectivity index (χ3v) is 7.90. The molecular weight excluding hydrogens is 412 g/mol. The number of fused-ring (bicyclic) bond motifs is 3. The lowest BCUT2D eigenvalue weighted by atomic mass is 9.96. The van der Waals surface area contributed by atoms with Crippen LogP contribution in [0.1, 0.15) is 44.1 Å². The van der Waals surface area contributed by atoms with Crippen LogP contribution < -0.4 is 4.90 Å². The van der Waals surface area contributed by atoms with Crippen molar-refractivity contribution < 1.29 is 9.53 Å². The van der Waals surface area contributed by atoms with Gasteiger partial charge >= 0.3 is 5.97 Å². The third-order valence-electron chi connectivity index (χ3n) is 7.90. The lowest BCUT2D eigenvalue weighted by Crippen LogP contribution is -2.46. The lowest BCUT2D eigenvalue weighted by molar-refractivity contribution is -0.150. The highest BCUT2D eigenvalue weighted by molar-refractivity contribution is 5.98. The highest BCUT2D eigenvalue weighted by atomic mass is 16.5. The number of nitriles is 1. The summed E-state index contributed by atoms with van der Waals surface area (Å²) in [6.07, 6.45) is 5.72. The summed E-state index contributed by atoms with van der Waals surface area (Å²) < 4.78 is 5.97. The maximum Gasteiger partial charge on any atom is 0.307 e. The standard InChI is InChI=1S/C27H34N4O2/c1-29(2)22-11-13-30(18-22)14-12-27(32)33-23-15-20-8-9-21(16-23)31(20)26-10-7-19(17-28)24-5-3-4-6-25(24)26/h3-7,10,20-23H,8-9,11-16,18H2,1-2H3/t20-,21+,22?,23+. The van der Waals surface area contributed by atoms with Crippen LogP contribution in [0.15, 0.2) is 36.4 Å². The molecule has 4 atom stereocenters. The maximum absolute atomic E-state index is 12.6. The number of esters is 1. The number of ether oxygens (including phenoxy) is 1. The minimum absolute atomic E-state index is 0.0176. The number of rotatable bonds is 6. The molecule has 0 radical (unpaired) electrons. The fourth-order valence-corrected chi connectivity index (χ4v) is 6.15. The first-order chi connectivity index (χ1) is 16.0. The van der Waals surface area contributed by atoms with Crippen molar-refractivity contribution in [3.63, 3.8) is 0 Å². The van der Waals surface area contributed by atoms with Gasteiger partial charge in [0, 0.05) is 60.5 Å². The van der Waals surface area contributed by atoms with Gasteiger partial charge in [-0.15, -0.1) is 0 Å². The van der Waals surface area contributed by atoms with Crippen LogP contribution >= 0.6 is 0 Å². The van der Waals surface area contributed by atoms with Gasteiger partial charge in [-0.05, 0) is 52.0 Å². The number of likely N-dealkylation sites (N-methyl/N-ethyl adjacent to an activating group) is 1. The molecule has 6 heteroatoms. The Morgan fingerprint density at radius 3 is 2.48 bits per heavy atom. The number of carbonyl (C=O) groups excluding carboxylic acids is 1. The molecule has 1 unspecified atom stereocenters. The van der Waals surface area contributed by atoms with Crippen LogP contribution in [0.25, 0.3) is 10.8 Å². The number of benzene rings is 2. The molecule has 0 N–H and O–H groups in total. The maximum atomic E-state index is 12.6. The van der Waals surface area contributed by atoms with E-state index in [-0.39, 0.29) is 12.1 Å². The number of hydrogen-bond acceptors (Lipinski definition) is 6. The summed E-state index contributed by atoms with van der Waals surface area (Å²) in [7, 11) is 4.26. The van der Waals surface area contributed by atoms with Gasteiger partial charge < -0.3 is 19.4 Å².